The summed E-state index contributed by atoms with van der Waals surface area (Å²) in [7, 11) is 0. The third-order valence-corrected chi connectivity index (χ3v) is 16.4. The van der Waals surface area contributed by atoms with Gasteiger partial charge in [0.2, 0.25) is 0 Å². The molecule has 4 nitrogen and oxygen atoms in total. The summed E-state index contributed by atoms with van der Waals surface area (Å²) >= 11 is 0. The number of alkyl halides is 24. The van der Waals surface area contributed by atoms with Gasteiger partial charge in [-0.1, -0.05) is 66.7 Å². The van der Waals surface area contributed by atoms with Crippen LogP contribution in [0.15, 0.2) is 182 Å². The zero-order chi connectivity index (χ0) is 71.1. The zero-order valence-corrected chi connectivity index (χ0v) is 48.2. The maximum absolute atomic E-state index is 14.9. The van der Waals surface area contributed by atoms with Crippen LogP contribution in [0.3, 0.4) is 0 Å². The van der Waals surface area contributed by atoms with Crippen molar-refractivity contribution >= 4 is 43.6 Å². The van der Waals surface area contributed by atoms with E-state index in [9.17, 15) is 116 Å². The van der Waals surface area contributed by atoms with Crippen molar-refractivity contribution in [3.63, 3.8) is 0 Å². The lowest BCUT2D eigenvalue weighted by molar-refractivity contribution is -0.144. The molecule has 0 spiro atoms. The fraction of sp³-hybridized carbons (Fsp3) is 0.114. The Morgan fingerprint density at radius 1 is 0.245 bits per heavy atom. The molecule has 0 aliphatic heterocycles. The van der Waals surface area contributed by atoms with Gasteiger partial charge in [0.25, 0.3) is 0 Å². The van der Waals surface area contributed by atoms with Crippen molar-refractivity contribution in [3.8, 4) is 79.1 Å². The van der Waals surface area contributed by atoms with Gasteiger partial charge in [-0.05, 0) is 171 Å². The topological polar surface area (TPSA) is 57.4 Å². The number of fused-ring (bicyclic) bond motifs is 6. The molecule has 0 aliphatic carbocycles. The Labute approximate surface area is 533 Å². The molecular weight excluding hydrogens is 1350 g/mol. The molecule has 0 aliphatic rings. The van der Waals surface area contributed by atoms with Crippen LogP contribution in [0.25, 0.3) is 111 Å². The third-order valence-electron chi connectivity index (χ3n) is 16.4. The Morgan fingerprint density at radius 3 is 0.745 bits per heavy atom. The van der Waals surface area contributed by atoms with E-state index in [0.717, 1.165) is 72.8 Å². The van der Waals surface area contributed by atoms with E-state index in [1.165, 1.54) is 45.5 Å². The maximum Gasteiger partial charge on any atom is 0.417 e. The second-order valence-electron chi connectivity index (χ2n) is 22.3. The zero-order valence-electron chi connectivity index (χ0n) is 48.2. The van der Waals surface area contributed by atoms with E-state index in [1.807, 2.05) is 12.1 Å². The van der Waals surface area contributed by atoms with Crippen molar-refractivity contribution in [1.29, 1.82) is 10.5 Å². The normalized spacial score (nSPS) is 13.1. The van der Waals surface area contributed by atoms with Gasteiger partial charge in [0.1, 0.15) is 11.6 Å². The van der Waals surface area contributed by atoms with E-state index in [1.54, 1.807) is 0 Å². The number of hydrogen-bond donors (Lipinski definition) is 0. The minimum Gasteiger partial charge on any atom is -0.308 e. The van der Waals surface area contributed by atoms with Crippen molar-refractivity contribution in [1.82, 2.24) is 9.13 Å². The van der Waals surface area contributed by atoms with Crippen LogP contribution < -0.4 is 0 Å². The van der Waals surface area contributed by atoms with E-state index in [0.29, 0.717) is 48.5 Å². The van der Waals surface area contributed by atoms with Crippen LogP contribution in [0.5, 0.6) is 0 Å². The minimum atomic E-state index is -5.50. The Balaban J connectivity index is 1.21. The van der Waals surface area contributed by atoms with Crippen molar-refractivity contribution < 1.29 is 105 Å². The fourth-order valence-corrected chi connectivity index (χ4v) is 12.1. The molecule has 498 valence electrons. The van der Waals surface area contributed by atoms with Crippen LogP contribution in [-0.2, 0) is 49.4 Å². The number of hydrogen-bond acceptors (Lipinski definition) is 2. The molecule has 0 amide bonds. The molecule has 2 aromatic heterocycles. The molecule has 12 aromatic rings. The molecule has 10 aromatic carbocycles. The minimum absolute atomic E-state index is 0.0316. The van der Waals surface area contributed by atoms with Crippen LogP contribution in [0, 0.1) is 22.7 Å². The van der Waals surface area contributed by atoms with Gasteiger partial charge in [0, 0.05) is 21.5 Å². The summed E-state index contributed by atoms with van der Waals surface area (Å²) in [6.07, 6.45) is -43.2. The first-order valence-corrected chi connectivity index (χ1v) is 28.0. The summed E-state index contributed by atoms with van der Waals surface area (Å²) in [6, 6.07) is 27.3. The number of nitrogens with zero attached hydrogens (tertiary/aromatic N) is 4. The van der Waals surface area contributed by atoms with Gasteiger partial charge in [-0.25, -0.2) is 0 Å². The summed E-state index contributed by atoms with van der Waals surface area (Å²) in [6.45, 7) is 0. The molecule has 0 unspecified atom stereocenters. The molecule has 0 saturated heterocycles. The molecule has 0 N–H and O–H groups in total. The second kappa shape index (κ2) is 22.9. The van der Waals surface area contributed by atoms with E-state index in [-0.39, 0.29) is 95.9 Å². The number of nitriles is 2. The number of benzene rings is 10. The van der Waals surface area contributed by atoms with Gasteiger partial charge in [0.05, 0.1) is 89.6 Å². The molecule has 0 saturated carbocycles. The van der Waals surface area contributed by atoms with Crippen LogP contribution >= 0.6 is 0 Å². The Morgan fingerprint density at radius 2 is 0.510 bits per heavy atom. The SMILES string of the molecule is N#Cc1ccccc1-c1cc(-n2c3ccc(-c4ccc(C(F)(F)F)cc4C(F)(F)F)cc3c3cc(-c4ccc(C(F)(F)F)cc4C(F)(F)F)ccc32)c(C#N)c(-n2c3ccc(-c4ccc(C(F)(F)F)cc4C(F)(F)F)cc3c3cc(-c4ccc(C(F)(F)F)cc4C(F)(F)F)ccc32)c1. The maximum atomic E-state index is 14.9. The highest BCUT2D eigenvalue weighted by molar-refractivity contribution is 6.14. The standard InChI is InChI=1S/C70H30F24N4/c71-63(72,73)39-9-13-44(53(27-39)67(83,84)85)33-5-17-57-48(21-33)49-22-34(45-14-10-40(64(74,75)76)28-54(45)68(86,87)88)6-18-58(49)97(57)61-25-38(43-4-2-1-3-37(43)31-95)26-62(52(61)32-96)98-59-19-7-35(46-15-11-41(65(77,78)79)29-55(46)69(89,90)91)23-50(59)51-24-36(8-20-60(51)98)47-16-12-42(66(80,81)82)30-56(47)70(92,93)94/h1-30H. The van der Waals surface area contributed by atoms with Gasteiger partial charge < -0.3 is 9.13 Å². The van der Waals surface area contributed by atoms with Crippen LogP contribution in [-0.4, -0.2) is 9.13 Å². The summed E-state index contributed by atoms with van der Waals surface area (Å²) in [5, 5.41) is 21.2. The van der Waals surface area contributed by atoms with E-state index < -0.39 is 144 Å². The van der Waals surface area contributed by atoms with Crippen LogP contribution in [0.2, 0.25) is 0 Å². The molecular formula is C70H30F24N4. The quantitative estimate of drug-likeness (QED) is 0.149. The molecule has 0 fully saturated rings. The molecule has 98 heavy (non-hydrogen) atoms. The molecule has 12 rings (SSSR count). The highest BCUT2D eigenvalue weighted by Gasteiger charge is 2.43. The average molecular weight is 1380 g/mol. The molecule has 0 atom stereocenters. The van der Waals surface area contributed by atoms with Crippen LogP contribution in [0.4, 0.5) is 105 Å². The third kappa shape index (κ3) is 12.0. The predicted octanol–water partition coefficient (Wildman–Crippen LogP) is 24.1. The monoisotopic (exact) mass is 1380 g/mol. The highest BCUT2D eigenvalue weighted by atomic mass is 19.4. The molecule has 2 heterocycles. The van der Waals surface area contributed by atoms with Crippen molar-refractivity contribution in [3.05, 3.63) is 238 Å². The Hall–Kier alpha value is -10.9. The van der Waals surface area contributed by atoms with Crippen LogP contribution in [0.1, 0.15) is 55.6 Å². The highest BCUT2D eigenvalue weighted by Crippen LogP contribution is 2.50. The van der Waals surface area contributed by atoms with Gasteiger partial charge in [-0.15, -0.1) is 0 Å². The second-order valence-corrected chi connectivity index (χ2v) is 22.3. The van der Waals surface area contributed by atoms with Crippen molar-refractivity contribution in [2.45, 2.75) is 49.4 Å². The predicted molar refractivity (Wildman–Crippen MR) is 312 cm³/mol. The largest absolute Gasteiger partial charge is 0.417 e. The number of rotatable bonds is 7. The summed E-state index contributed by atoms with van der Waals surface area (Å²) in [4.78, 5) is 0. The van der Waals surface area contributed by atoms with Gasteiger partial charge in [-0.3, -0.25) is 0 Å². The smallest absolute Gasteiger partial charge is 0.308 e. The lowest BCUT2D eigenvalue weighted by Crippen LogP contribution is -2.12. The lowest BCUT2D eigenvalue weighted by Gasteiger charge is -2.19. The Kier molecular flexibility index (Phi) is 15.7. The van der Waals surface area contributed by atoms with E-state index >= 15 is 0 Å². The summed E-state index contributed by atoms with van der Waals surface area (Å²) in [5.74, 6) is 0. The van der Waals surface area contributed by atoms with Crippen molar-refractivity contribution in [2.75, 3.05) is 0 Å². The van der Waals surface area contributed by atoms with E-state index in [4.69, 9.17) is 0 Å². The van der Waals surface area contributed by atoms with Gasteiger partial charge >= 0.3 is 49.4 Å². The molecule has 28 heteroatoms. The Bertz CT molecular complexity index is 4800. The molecule has 0 bridgehead atoms. The average Bonchev–Trinajstić information content (AvgIpc) is 1.55. The summed E-state index contributed by atoms with van der Waals surface area (Å²) < 4.78 is 349. The number of halogens is 24. The van der Waals surface area contributed by atoms with E-state index in [2.05, 4.69) is 0 Å². The van der Waals surface area contributed by atoms with Gasteiger partial charge in [-0.2, -0.15) is 116 Å². The summed E-state index contributed by atoms with van der Waals surface area (Å²) in [5.41, 5.74) is -21.5. The first kappa shape index (κ1) is 67.1. The lowest BCUT2D eigenvalue weighted by atomic mass is 9.94. The number of aromatic nitrogens is 2. The van der Waals surface area contributed by atoms with Gasteiger partial charge in [0.15, 0.2) is 0 Å². The fourth-order valence-electron chi connectivity index (χ4n) is 12.1. The first-order valence-electron chi connectivity index (χ1n) is 28.0. The van der Waals surface area contributed by atoms with Crippen molar-refractivity contribution in [2.24, 2.45) is 0 Å². The molecule has 0 radical (unpaired) electrons. The first-order chi connectivity index (χ1) is 45.6.